The van der Waals surface area contributed by atoms with E-state index < -0.39 is 0 Å². The van der Waals surface area contributed by atoms with Crippen LogP contribution in [0.4, 0.5) is 5.69 Å². The molecule has 3 aromatic rings. The first-order valence-corrected chi connectivity index (χ1v) is 8.29. The number of hydrogen-bond acceptors (Lipinski definition) is 4. The van der Waals surface area contributed by atoms with Crippen molar-refractivity contribution in [1.29, 1.82) is 0 Å². The molecule has 0 aliphatic rings. The molecule has 0 saturated heterocycles. The van der Waals surface area contributed by atoms with E-state index in [4.69, 9.17) is 20.8 Å². The lowest BCUT2D eigenvalue weighted by molar-refractivity contribution is -0.122. The minimum absolute atomic E-state index is 0.0999. The van der Waals surface area contributed by atoms with Gasteiger partial charge in [-0.2, -0.15) is 0 Å². The molecule has 6 nitrogen and oxygen atoms in total. The van der Waals surface area contributed by atoms with Gasteiger partial charge in [-0.1, -0.05) is 17.7 Å². The van der Waals surface area contributed by atoms with Crippen molar-refractivity contribution in [2.75, 3.05) is 19.0 Å². The van der Waals surface area contributed by atoms with Crippen LogP contribution in [0.25, 0.3) is 11.0 Å². The zero-order valence-electron chi connectivity index (χ0n) is 14.3. The fourth-order valence-corrected chi connectivity index (χ4v) is 2.65. The van der Waals surface area contributed by atoms with Crippen molar-refractivity contribution in [3.8, 4) is 5.75 Å². The summed E-state index contributed by atoms with van der Waals surface area (Å²) in [7, 11) is 1.53. The third-order valence-electron chi connectivity index (χ3n) is 3.85. The van der Waals surface area contributed by atoms with Crippen molar-refractivity contribution >= 4 is 40.1 Å². The molecule has 1 heterocycles. The number of halogens is 1. The van der Waals surface area contributed by atoms with Gasteiger partial charge in [0.1, 0.15) is 11.3 Å². The van der Waals surface area contributed by atoms with E-state index in [1.165, 1.54) is 7.05 Å². The number of rotatable bonds is 5. The molecule has 0 unspecified atom stereocenters. The Morgan fingerprint density at radius 3 is 2.77 bits per heavy atom. The molecule has 3 rings (SSSR count). The summed E-state index contributed by atoms with van der Waals surface area (Å²) in [5.74, 6) is 0.0766. The Morgan fingerprint density at radius 1 is 1.19 bits per heavy atom. The number of nitrogens with one attached hydrogen (secondary N) is 2. The van der Waals surface area contributed by atoms with Gasteiger partial charge in [-0.25, -0.2) is 0 Å². The summed E-state index contributed by atoms with van der Waals surface area (Å²) in [6, 6.07) is 12.0. The average Bonchev–Trinajstić information content (AvgIpc) is 2.96. The highest BCUT2D eigenvalue weighted by Gasteiger charge is 2.18. The van der Waals surface area contributed by atoms with E-state index in [0.717, 1.165) is 5.39 Å². The molecule has 0 saturated carbocycles. The number of anilines is 1. The number of hydrogen-bond donors (Lipinski definition) is 2. The molecule has 2 aromatic carbocycles. The molecule has 134 valence electrons. The molecular weight excluding hydrogens is 356 g/mol. The van der Waals surface area contributed by atoms with E-state index in [2.05, 4.69) is 10.6 Å². The number of ether oxygens (including phenoxy) is 1. The van der Waals surface area contributed by atoms with E-state index in [9.17, 15) is 9.59 Å². The van der Waals surface area contributed by atoms with Gasteiger partial charge in [-0.3, -0.25) is 9.59 Å². The van der Waals surface area contributed by atoms with Crippen LogP contribution in [0.5, 0.6) is 5.75 Å². The van der Waals surface area contributed by atoms with E-state index in [0.29, 0.717) is 27.6 Å². The number of aryl methyl sites for hydroxylation is 1. The monoisotopic (exact) mass is 372 g/mol. The van der Waals surface area contributed by atoms with Crippen molar-refractivity contribution in [2.24, 2.45) is 0 Å². The van der Waals surface area contributed by atoms with Crippen LogP contribution in [0.3, 0.4) is 0 Å². The van der Waals surface area contributed by atoms with Crippen LogP contribution in [0, 0.1) is 6.92 Å². The van der Waals surface area contributed by atoms with E-state index in [1.54, 1.807) is 49.4 Å². The number of carbonyl (C=O) groups is 2. The molecule has 1 aromatic heterocycles. The Balaban J connectivity index is 1.78. The SMILES string of the molecule is CNC(=O)COc1cccc(NC(=O)c2oc3ccc(Cl)cc3c2C)c1. The second kappa shape index (κ2) is 7.49. The first kappa shape index (κ1) is 17.8. The van der Waals surface area contributed by atoms with Gasteiger partial charge in [0, 0.05) is 34.8 Å². The molecule has 0 aliphatic carbocycles. The van der Waals surface area contributed by atoms with Gasteiger partial charge in [0.2, 0.25) is 0 Å². The molecule has 0 aliphatic heterocycles. The molecule has 0 atom stereocenters. The summed E-state index contributed by atoms with van der Waals surface area (Å²) in [4.78, 5) is 23.8. The van der Waals surface area contributed by atoms with Gasteiger partial charge < -0.3 is 19.8 Å². The molecule has 7 heteroatoms. The van der Waals surface area contributed by atoms with Crippen LogP contribution in [0.15, 0.2) is 46.9 Å². The molecule has 0 bridgehead atoms. The molecule has 0 radical (unpaired) electrons. The highest BCUT2D eigenvalue weighted by atomic mass is 35.5. The topological polar surface area (TPSA) is 80.6 Å². The minimum atomic E-state index is -0.377. The van der Waals surface area contributed by atoms with Crippen molar-refractivity contribution in [2.45, 2.75) is 6.92 Å². The smallest absolute Gasteiger partial charge is 0.291 e. The van der Waals surface area contributed by atoms with E-state index in [-0.39, 0.29) is 24.2 Å². The van der Waals surface area contributed by atoms with Crippen LogP contribution >= 0.6 is 11.6 Å². The van der Waals surface area contributed by atoms with E-state index in [1.807, 2.05) is 0 Å². The summed E-state index contributed by atoms with van der Waals surface area (Å²) in [6.45, 7) is 1.71. The fraction of sp³-hybridized carbons (Fsp3) is 0.158. The van der Waals surface area contributed by atoms with Gasteiger partial charge in [0.25, 0.3) is 11.8 Å². The standard InChI is InChI=1S/C19H17ClN2O4/c1-11-15-8-12(20)6-7-16(15)26-18(11)19(24)22-13-4-3-5-14(9-13)25-10-17(23)21-2/h3-9H,10H2,1-2H3,(H,21,23)(H,22,24). The number of benzene rings is 2. The number of fused-ring (bicyclic) bond motifs is 1. The van der Waals surface area contributed by atoms with Crippen LogP contribution < -0.4 is 15.4 Å². The highest BCUT2D eigenvalue weighted by Crippen LogP contribution is 2.28. The molecular formula is C19H17ClN2O4. The molecule has 2 N–H and O–H groups in total. The normalized spacial score (nSPS) is 10.6. The maximum Gasteiger partial charge on any atom is 0.291 e. The lowest BCUT2D eigenvalue weighted by Gasteiger charge is -2.08. The molecule has 0 spiro atoms. The largest absolute Gasteiger partial charge is 0.484 e. The Bertz CT molecular complexity index is 981. The second-order valence-electron chi connectivity index (χ2n) is 5.64. The maximum absolute atomic E-state index is 12.6. The third kappa shape index (κ3) is 3.81. The van der Waals surface area contributed by atoms with Crippen LogP contribution in [-0.2, 0) is 4.79 Å². The van der Waals surface area contributed by atoms with Gasteiger partial charge in [-0.15, -0.1) is 0 Å². The van der Waals surface area contributed by atoms with E-state index >= 15 is 0 Å². The molecule has 0 fully saturated rings. The van der Waals surface area contributed by atoms with Crippen LogP contribution in [0.1, 0.15) is 16.1 Å². The number of furan rings is 1. The number of likely N-dealkylation sites (N-methyl/N-ethyl adjacent to an activating group) is 1. The predicted octanol–water partition coefficient (Wildman–Crippen LogP) is 3.77. The highest BCUT2D eigenvalue weighted by molar-refractivity contribution is 6.31. The number of carbonyl (C=O) groups excluding carboxylic acids is 2. The first-order chi connectivity index (χ1) is 12.5. The summed E-state index contributed by atoms with van der Waals surface area (Å²) in [6.07, 6.45) is 0. The zero-order valence-corrected chi connectivity index (χ0v) is 15.0. The van der Waals surface area contributed by atoms with Crippen LogP contribution in [0.2, 0.25) is 5.02 Å². The Labute approximate surface area is 155 Å². The molecule has 26 heavy (non-hydrogen) atoms. The van der Waals surface area contributed by atoms with Gasteiger partial charge in [0.15, 0.2) is 12.4 Å². The van der Waals surface area contributed by atoms with Crippen molar-refractivity contribution in [3.05, 3.63) is 58.8 Å². The summed E-state index contributed by atoms with van der Waals surface area (Å²) in [5, 5.41) is 6.62. The lowest BCUT2D eigenvalue weighted by atomic mass is 10.1. The minimum Gasteiger partial charge on any atom is -0.484 e. The van der Waals surface area contributed by atoms with Crippen molar-refractivity contribution in [3.63, 3.8) is 0 Å². The van der Waals surface area contributed by atoms with Gasteiger partial charge in [-0.05, 0) is 37.3 Å². The van der Waals surface area contributed by atoms with Gasteiger partial charge in [0.05, 0.1) is 0 Å². The third-order valence-corrected chi connectivity index (χ3v) is 4.08. The van der Waals surface area contributed by atoms with Crippen molar-refractivity contribution < 1.29 is 18.7 Å². The Hall–Kier alpha value is -2.99. The summed E-state index contributed by atoms with van der Waals surface area (Å²) in [5.41, 5.74) is 1.84. The van der Waals surface area contributed by atoms with Crippen LogP contribution in [-0.4, -0.2) is 25.5 Å². The Morgan fingerprint density at radius 2 is 2.00 bits per heavy atom. The Kier molecular flexibility index (Phi) is 5.14. The first-order valence-electron chi connectivity index (χ1n) is 7.91. The predicted molar refractivity (Wildman–Crippen MR) is 99.9 cm³/mol. The number of amides is 2. The average molecular weight is 373 g/mol. The lowest BCUT2D eigenvalue weighted by Crippen LogP contribution is -2.24. The van der Waals surface area contributed by atoms with Gasteiger partial charge >= 0.3 is 0 Å². The quantitative estimate of drug-likeness (QED) is 0.714. The summed E-state index contributed by atoms with van der Waals surface area (Å²) < 4.78 is 11.0. The zero-order chi connectivity index (χ0) is 18.7. The fourth-order valence-electron chi connectivity index (χ4n) is 2.48. The maximum atomic E-state index is 12.6. The van der Waals surface area contributed by atoms with Crippen molar-refractivity contribution in [1.82, 2.24) is 5.32 Å². The summed E-state index contributed by atoms with van der Waals surface area (Å²) >= 11 is 6.00. The molecule has 2 amide bonds. The second-order valence-corrected chi connectivity index (χ2v) is 6.08.